The van der Waals surface area contributed by atoms with E-state index in [1.54, 1.807) is 0 Å². The summed E-state index contributed by atoms with van der Waals surface area (Å²) in [7, 11) is 0. The molecule has 0 radical (unpaired) electrons. The number of hydrogen-bond donors (Lipinski definition) is 1. The molecule has 1 aromatic heterocycles. The van der Waals surface area contributed by atoms with Gasteiger partial charge in [0.1, 0.15) is 6.33 Å². The molecule has 1 saturated carbocycles. The first-order valence-electron chi connectivity index (χ1n) is 5.51. The van der Waals surface area contributed by atoms with Crippen LogP contribution in [0, 0.1) is 0 Å². The second-order valence-corrected chi connectivity index (χ2v) is 3.86. The van der Waals surface area contributed by atoms with Crippen LogP contribution in [0.3, 0.4) is 0 Å². The van der Waals surface area contributed by atoms with Crippen molar-refractivity contribution in [3.63, 3.8) is 0 Å². The molecule has 2 rings (SSSR count). The number of nitrogens with zero attached hydrogens (tertiary/aromatic N) is 3. The Hall–Kier alpha value is -0.900. The van der Waals surface area contributed by atoms with E-state index in [-0.39, 0.29) is 0 Å². The quantitative estimate of drug-likeness (QED) is 0.790. The fraction of sp³-hybridized carbons (Fsp3) is 0.800. The van der Waals surface area contributed by atoms with Crippen LogP contribution in [0.2, 0.25) is 0 Å². The van der Waals surface area contributed by atoms with Crippen LogP contribution in [0.25, 0.3) is 0 Å². The molecule has 0 spiro atoms. The summed E-state index contributed by atoms with van der Waals surface area (Å²) in [5.74, 6) is 0.916. The summed E-state index contributed by atoms with van der Waals surface area (Å²) in [5.41, 5.74) is 0. The minimum atomic E-state index is 0.609. The van der Waals surface area contributed by atoms with E-state index in [4.69, 9.17) is 0 Å². The highest BCUT2D eigenvalue weighted by Crippen LogP contribution is 2.28. The normalized spacial score (nSPS) is 17.8. The van der Waals surface area contributed by atoms with E-state index in [1.807, 2.05) is 11.0 Å². The molecule has 0 saturated heterocycles. The molecular weight excluding hydrogens is 176 g/mol. The van der Waals surface area contributed by atoms with Crippen molar-refractivity contribution in [2.45, 2.75) is 45.2 Å². The Morgan fingerprint density at radius 3 is 3.00 bits per heavy atom. The van der Waals surface area contributed by atoms with Gasteiger partial charge in [0.05, 0.1) is 12.6 Å². The van der Waals surface area contributed by atoms with Crippen LogP contribution in [0.1, 0.15) is 44.5 Å². The van der Waals surface area contributed by atoms with Gasteiger partial charge in [-0.05, 0) is 19.4 Å². The van der Waals surface area contributed by atoms with Gasteiger partial charge in [-0.15, -0.1) is 0 Å². The highest BCUT2D eigenvalue weighted by atomic mass is 15.3. The summed E-state index contributed by atoms with van der Waals surface area (Å²) < 4.78 is 2.04. The molecule has 0 amide bonds. The van der Waals surface area contributed by atoms with Crippen molar-refractivity contribution in [2.75, 3.05) is 6.54 Å². The fourth-order valence-corrected chi connectivity index (χ4v) is 1.97. The molecule has 0 atom stereocenters. The van der Waals surface area contributed by atoms with E-state index in [0.29, 0.717) is 6.04 Å². The zero-order valence-electron chi connectivity index (χ0n) is 8.74. The van der Waals surface area contributed by atoms with Gasteiger partial charge < -0.3 is 5.32 Å². The van der Waals surface area contributed by atoms with Crippen LogP contribution in [0.15, 0.2) is 6.33 Å². The fourth-order valence-electron chi connectivity index (χ4n) is 1.97. The third-order valence-electron chi connectivity index (χ3n) is 2.79. The summed E-state index contributed by atoms with van der Waals surface area (Å²) >= 11 is 0. The van der Waals surface area contributed by atoms with Gasteiger partial charge in [0.25, 0.3) is 0 Å². The lowest BCUT2D eigenvalue weighted by molar-refractivity contribution is 0.461. The second-order valence-electron chi connectivity index (χ2n) is 3.86. The van der Waals surface area contributed by atoms with Crippen LogP contribution in [0.5, 0.6) is 0 Å². The van der Waals surface area contributed by atoms with E-state index in [9.17, 15) is 0 Å². The molecule has 0 aromatic carbocycles. The Bertz CT molecular complexity index is 275. The Balaban J connectivity index is 1.94. The SMILES string of the molecule is CCNCc1ncn(C2CCCC2)n1. The van der Waals surface area contributed by atoms with Gasteiger partial charge in [0.2, 0.25) is 0 Å². The molecule has 1 aliphatic carbocycles. The minimum absolute atomic E-state index is 0.609. The monoisotopic (exact) mass is 194 g/mol. The molecule has 1 aliphatic rings. The average molecular weight is 194 g/mol. The van der Waals surface area contributed by atoms with Crippen LogP contribution in [0.4, 0.5) is 0 Å². The topological polar surface area (TPSA) is 42.7 Å². The zero-order valence-corrected chi connectivity index (χ0v) is 8.74. The summed E-state index contributed by atoms with van der Waals surface area (Å²) in [6.07, 6.45) is 7.09. The van der Waals surface area contributed by atoms with E-state index in [1.165, 1.54) is 25.7 Å². The lowest BCUT2D eigenvalue weighted by Crippen LogP contribution is -2.13. The van der Waals surface area contributed by atoms with Gasteiger partial charge in [-0.1, -0.05) is 19.8 Å². The maximum absolute atomic E-state index is 4.47. The van der Waals surface area contributed by atoms with Crippen molar-refractivity contribution in [2.24, 2.45) is 0 Å². The van der Waals surface area contributed by atoms with E-state index < -0.39 is 0 Å². The lowest BCUT2D eigenvalue weighted by Gasteiger charge is -2.07. The van der Waals surface area contributed by atoms with Crippen molar-refractivity contribution < 1.29 is 0 Å². The Morgan fingerprint density at radius 2 is 2.29 bits per heavy atom. The van der Waals surface area contributed by atoms with Crippen LogP contribution in [-0.2, 0) is 6.54 Å². The maximum atomic E-state index is 4.47. The van der Waals surface area contributed by atoms with Crippen LogP contribution in [-0.4, -0.2) is 21.3 Å². The third-order valence-corrected chi connectivity index (χ3v) is 2.79. The molecule has 0 unspecified atom stereocenters. The number of rotatable bonds is 4. The largest absolute Gasteiger partial charge is 0.310 e. The lowest BCUT2D eigenvalue weighted by atomic mass is 10.3. The molecule has 1 N–H and O–H groups in total. The van der Waals surface area contributed by atoms with Crippen molar-refractivity contribution in [1.82, 2.24) is 20.1 Å². The van der Waals surface area contributed by atoms with Gasteiger partial charge in [-0.25, -0.2) is 9.67 Å². The predicted octanol–water partition coefficient (Wildman–Crippen LogP) is 1.50. The van der Waals surface area contributed by atoms with Crippen molar-refractivity contribution in [1.29, 1.82) is 0 Å². The van der Waals surface area contributed by atoms with Gasteiger partial charge in [0, 0.05) is 0 Å². The summed E-state index contributed by atoms with van der Waals surface area (Å²) in [4.78, 5) is 4.29. The molecule has 0 bridgehead atoms. The van der Waals surface area contributed by atoms with Gasteiger partial charge in [0.15, 0.2) is 5.82 Å². The molecule has 4 nitrogen and oxygen atoms in total. The van der Waals surface area contributed by atoms with E-state index in [0.717, 1.165) is 18.9 Å². The van der Waals surface area contributed by atoms with Crippen LogP contribution >= 0.6 is 0 Å². The maximum Gasteiger partial charge on any atom is 0.164 e. The molecular formula is C10H18N4. The number of hydrogen-bond acceptors (Lipinski definition) is 3. The number of aromatic nitrogens is 3. The molecule has 1 heterocycles. The molecule has 4 heteroatoms. The average Bonchev–Trinajstić information content (AvgIpc) is 2.85. The van der Waals surface area contributed by atoms with E-state index in [2.05, 4.69) is 22.3 Å². The van der Waals surface area contributed by atoms with Crippen molar-refractivity contribution >= 4 is 0 Å². The van der Waals surface area contributed by atoms with Gasteiger partial charge in [-0.3, -0.25) is 0 Å². The second kappa shape index (κ2) is 4.55. The Morgan fingerprint density at radius 1 is 1.50 bits per heavy atom. The first kappa shape index (κ1) is 9.65. The van der Waals surface area contributed by atoms with Gasteiger partial charge >= 0.3 is 0 Å². The van der Waals surface area contributed by atoms with E-state index >= 15 is 0 Å². The third kappa shape index (κ3) is 2.12. The molecule has 0 aliphatic heterocycles. The Kier molecular flexibility index (Phi) is 3.14. The highest BCUT2D eigenvalue weighted by Gasteiger charge is 2.17. The molecule has 14 heavy (non-hydrogen) atoms. The number of nitrogens with one attached hydrogen (secondary N) is 1. The molecule has 1 aromatic rings. The van der Waals surface area contributed by atoms with Crippen molar-refractivity contribution in [3.8, 4) is 0 Å². The zero-order chi connectivity index (χ0) is 9.80. The standard InChI is InChI=1S/C10H18N4/c1-2-11-7-10-12-8-14(13-10)9-5-3-4-6-9/h8-9,11H,2-7H2,1H3. The molecule has 1 fully saturated rings. The van der Waals surface area contributed by atoms with Gasteiger partial charge in [-0.2, -0.15) is 5.10 Å². The predicted molar refractivity (Wildman–Crippen MR) is 54.9 cm³/mol. The van der Waals surface area contributed by atoms with Crippen molar-refractivity contribution in [3.05, 3.63) is 12.2 Å². The Labute approximate surface area is 84.7 Å². The molecule has 78 valence electrons. The minimum Gasteiger partial charge on any atom is -0.310 e. The summed E-state index contributed by atoms with van der Waals surface area (Å²) in [6, 6.07) is 0.609. The highest BCUT2D eigenvalue weighted by molar-refractivity contribution is 4.84. The first-order chi connectivity index (χ1) is 6.90. The smallest absolute Gasteiger partial charge is 0.164 e. The first-order valence-corrected chi connectivity index (χ1v) is 5.51. The summed E-state index contributed by atoms with van der Waals surface area (Å²) in [5, 5.41) is 7.70. The summed E-state index contributed by atoms with van der Waals surface area (Å²) in [6.45, 7) is 3.85. The van der Waals surface area contributed by atoms with Crippen LogP contribution < -0.4 is 5.32 Å².